The number of ether oxygens (including phenoxy) is 2. The number of carboxylic acid groups (broad SMARTS) is 1. The van der Waals surface area contributed by atoms with Crippen LogP contribution in [-0.4, -0.2) is 81.2 Å². The minimum absolute atomic E-state index is 0.0162. The number of anilines is 1. The van der Waals surface area contributed by atoms with Gasteiger partial charge in [-0.05, 0) is 41.0 Å². The van der Waals surface area contributed by atoms with Gasteiger partial charge in [0.05, 0.1) is 26.1 Å². The summed E-state index contributed by atoms with van der Waals surface area (Å²) in [6.45, 7) is 2.67. The highest BCUT2D eigenvalue weighted by Gasteiger charge is 2.36. The molecule has 0 radical (unpaired) electrons. The molecular weight excluding hydrogens is 642 g/mol. The topological polar surface area (TPSA) is 181 Å². The maximum atomic E-state index is 13.7. The standard InChI is InChI=1S/C36H39N7O7/c1-23(2)33(47)40-35-39-32-31(34(48)41-35)37-22-43(32)20-29(44)42(21-30(45)46)19-18-38-36(24-8-6-5-7-9-24,25-10-14-27(49-3)15-11-25)26-12-16-28(50-4)17-13-26/h5-17,22-23,38H,18-21H2,1-4H3,(H,45,46)(H2,39,40,41,47,48). The van der Waals surface area contributed by atoms with Gasteiger partial charge in [-0.1, -0.05) is 68.4 Å². The van der Waals surface area contributed by atoms with Gasteiger partial charge in [0, 0.05) is 19.0 Å². The fourth-order valence-electron chi connectivity index (χ4n) is 5.65. The number of imidazole rings is 1. The number of aliphatic carboxylic acids is 1. The van der Waals surface area contributed by atoms with Crippen LogP contribution in [0.2, 0.25) is 0 Å². The summed E-state index contributed by atoms with van der Waals surface area (Å²) in [7, 11) is 3.19. The first-order valence-electron chi connectivity index (χ1n) is 15.9. The molecule has 0 fully saturated rings. The molecule has 5 aromatic rings. The molecular formula is C36H39N7O7. The lowest BCUT2D eigenvalue weighted by molar-refractivity contribution is -0.144. The third kappa shape index (κ3) is 7.65. The van der Waals surface area contributed by atoms with Crippen molar-refractivity contribution < 1.29 is 29.0 Å². The number of H-pyrrole nitrogens is 1. The van der Waals surface area contributed by atoms with Crippen molar-refractivity contribution in [1.82, 2.24) is 29.7 Å². The predicted molar refractivity (Wildman–Crippen MR) is 186 cm³/mol. The van der Waals surface area contributed by atoms with Crippen molar-refractivity contribution in [2.45, 2.75) is 25.9 Å². The lowest BCUT2D eigenvalue weighted by Crippen LogP contribution is -2.49. The number of carbonyl (C=O) groups is 3. The molecule has 0 bridgehead atoms. The third-order valence-corrected chi connectivity index (χ3v) is 8.25. The van der Waals surface area contributed by atoms with Crippen LogP contribution in [0.25, 0.3) is 11.2 Å². The van der Waals surface area contributed by atoms with E-state index in [0.29, 0.717) is 11.5 Å². The molecule has 0 aliphatic rings. The monoisotopic (exact) mass is 681 g/mol. The van der Waals surface area contributed by atoms with Gasteiger partial charge in [-0.3, -0.25) is 34.8 Å². The Morgan fingerprint density at radius 3 is 2.04 bits per heavy atom. The van der Waals surface area contributed by atoms with Gasteiger partial charge in [0.2, 0.25) is 17.8 Å². The van der Waals surface area contributed by atoms with Gasteiger partial charge in [-0.15, -0.1) is 0 Å². The quantitative estimate of drug-likeness (QED) is 0.120. The number of methoxy groups -OCH3 is 2. The van der Waals surface area contributed by atoms with Crippen molar-refractivity contribution in [2.24, 2.45) is 5.92 Å². The van der Waals surface area contributed by atoms with Crippen LogP contribution in [-0.2, 0) is 26.5 Å². The SMILES string of the molecule is COc1ccc(C(NCCN(CC(=O)O)C(=O)Cn2cnc3c(=O)[nH]c(NC(=O)C(C)C)nc32)(c2ccccc2)c2ccc(OC)cc2)cc1. The van der Waals surface area contributed by atoms with Crippen LogP contribution in [0.3, 0.4) is 0 Å². The Hall–Kier alpha value is -6.02. The van der Waals surface area contributed by atoms with Crippen LogP contribution in [0, 0.1) is 5.92 Å². The lowest BCUT2D eigenvalue weighted by Gasteiger charge is -2.38. The Labute approximate surface area is 288 Å². The average molecular weight is 682 g/mol. The van der Waals surface area contributed by atoms with Gasteiger partial charge in [0.1, 0.15) is 24.6 Å². The molecule has 4 N–H and O–H groups in total. The number of nitrogens with zero attached hydrogens (tertiary/aromatic N) is 4. The van der Waals surface area contributed by atoms with Crippen LogP contribution in [0.5, 0.6) is 11.5 Å². The van der Waals surface area contributed by atoms with Crippen LogP contribution in [0.4, 0.5) is 5.95 Å². The molecule has 14 nitrogen and oxygen atoms in total. The minimum Gasteiger partial charge on any atom is -0.497 e. The Bertz CT molecular complexity index is 1960. The fraction of sp³-hybridized carbons (Fsp3) is 0.278. The van der Waals surface area contributed by atoms with Crippen molar-refractivity contribution in [1.29, 1.82) is 0 Å². The number of fused-ring (bicyclic) bond motifs is 1. The first-order chi connectivity index (χ1) is 24.0. The number of nitrogens with one attached hydrogen (secondary N) is 3. The van der Waals surface area contributed by atoms with Gasteiger partial charge in [-0.25, -0.2) is 4.98 Å². The summed E-state index contributed by atoms with van der Waals surface area (Å²) in [6, 6.07) is 25.1. The van der Waals surface area contributed by atoms with E-state index in [4.69, 9.17) is 9.47 Å². The summed E-state index contributed by atoms with van der Waals surface area (Å²) >= 11 is 0. The van der Waals surface area contributed by atoms with Crippen molar-refractivity contribution in [3.8, 4) is 11.5 Å². The number of aromatic nitrogens is 4. The molecule has 2 amide bonds. The highest BCUT2D eigenvalue weighted by atomic mass is 16.5. The summed E-state index contributed by atoms with van der Waals surface area (Å²) in [6.07, 6.45) is 1.28. The summed E-state index contributed by atoms with van der Waals surface area (Å²) in [5.41, 5.74) is 1.18. The van der Waals surface area contributed by atoms with E-state index >= 15 is 0 Å². The molecule has 0 aliphatic carbocycles. The normalized spacial score (nSPS) is 11.4. The Morgan fingerprint density at radius 2 is 1.50 bits per heavy atom. The molecule has 0 atom stereocenters. The number of carboxylic acids is 1. The summed E-state index contributed by atoms with van der Waals surface area (Å²) < 4.78 is 12.2. The highest BCUT2D eigenvalue weighted by molar-refractivity contribution is 5.91. The van der Waals surface area contributed by atoms with Gasteiger partial charge >= 0.3 is 5.97 Å². The summed E-state index contributed by atoms with van der Waals surface area (Å²) in [4.78, 5) is 62.7. The number of amides is 2. The summed E-state index contributed by atoms with van der Waals surface area (Å²) in [5, 5.41) is 16.0. The Balaban J connectivity index is 1.46. The number of hydrogen-bond donors (Lipinski definition) is 4. The van der Waals surface area contributed by atoms with E-state index in [-0.39, 0.29) is 48.6 Å². The van der Waals surface area contributed by atoms with Crippen LogP contribution in [0.1, 0.15) is 30.5 Å². The highest BCUT2D eigenvalue weighted by Crippen LogP contribution is 2.38. The number of carbonyl (C=O) groups excluding carboxylic acids is 2. The zero-order valence-corrected chi connectivity index (χ0v) is 28.2. The van der Waals surface area contributed by atoms with E-state index in [9.17, 15) is 24.3 Å². The zero-order chi connectivity index (χ0) is 35.8. The number of benzene rings is 3. The van der Waals surface area contributed by atoms with Crippen molar-refractivity contribution >= 4 is 34.9 Å². The molecule has 0 aliphatic heterocycles. The second kappa shape index (κ2) is 15.5. The van der Waals surface area contributed by atoms with Crippen LogP contribution < -0.4 is 25.7 Å². The molecule has 3 aromatic carbocycles. The van der Waals surface area contributed by atoms with Crippen molar-refractivity contribution in [3.63, 3.8) is 0 Å². The number of aromatic amines is 1. The largest absolute Gasteiger partial charge is 0.497 e. The second-order valence-electron chi connectivity index (χ2n) is 11.8. The average Bonchev–Trinajstić information content (AvgIpc) is 3.52. The molecule has 2 aromatic heterocycles. The van der Waals surface area contributed by atoms with Gasteiger partial charge in [0.25, 0.3) is 5.56 Å². The molecule has 2 heterocycles. The predicted octanol–water partition coefficient (Wildman–Crippen LogP) is 3.23. The van der Waals surface area contributed by atoms with Crippen molar-refractivity contribution in [2.75, 3.05) is 39.2 Å². The van der Waals surface area contributed by atoms with Crippen LogP contribution in [0.15, 0.2) is 90.0 Å². The molecule has 0 unspecified atom stereocenters. The zero-order valence-electron chi connectivity index (χ0n) is 28.2. The Kier molecular flexibility index (Phi) is 10.9. The van der Waals surface area contributed by atoms with Crippen molar-refractivity contribution in [3.05, 3.63) is 112 Å². The van der Waals surface area contributed by atoms with E-state index in [2.05, 4.69) is 25.6 Å². The smallest absolute Gasteiger partial charge is 0.323 e. The van der Waals surface area contributed by atoms with Gasteiger partial charge in [-0.2, -0.15) is 4.98 Å². The second-order valence-corrected chi connectivity index (χ2v) is 11.8. The van der Waals surface area contributed by atoms with Gasteiger partial charge < -0.3 is 24.0 Å². The molecule has 0 spiro atoms. The molecule has 5 rings (SSSR count). The van der Waals surface area contributed by atoms with E-state index in [1.54, 1.807) is 28.1 Å². The molecule has 14 heteroatoms. The first kappa shape index (κ1) is 35.3. The van der Waals surface area contributed by atoms with Crippen LogP contribution >= 0.6 is 0 Å². The van der Waals surface area contributed by atoms with Gasteiger partial charge in [0.15, 0.2) is 11.2 Å². The number of rotatable bonds is 15. The third-order valence-electron chi connectivity index (χ3n) is 8.25. The molecule has 0 saturated carbocycles. The maximum absolute atomic E-state index is 13.7. The molecule has 0 saturated heterocycles. The lowest BCUT2D eigenvalue weighted by atomic mass is 9.77. The Morgan fingerprint density at radius 1 is 0.920 bits per heavy atom. The van der Waals surface area contributed by atoms with E-state index in [1.165, 1.54) is 15.8 Å². The number of hydrogen-bond acceptors (Lipinski definition) is 9. The minimum atomic E-state index is -1.19. The van der Waals surface area contributed by atoms with E-state index in [1.807, 2.05) is 78.9 Å². The maximum Gasteiger partial charge on any atom is 0.323 e. The first-order valence-corrected chi connectivity index (χ1v) is 15.9. The summed E-state index contributed by atoms with van der Waals surface area (Å²) in [5.74, 6) is -1.18. The van der Waals surface area contributed by atoms with E-state index in [0.717, 1.165) is 16.7 Å². The molecule has 260 valence electrons. The fourth-order valence-corrected chi connectivity index (χ4v) is 5.65. The molecule has 50 heavy (non-hydrogen) atoms. The van der Waals surface area contributed by atoms with E-state index < -0.39 is 29.5 Å².